The van der Waals surface area contributed by atoms with Crippen LogP contribution >= 0.6 is 24.8 Å². The zero-order valence-electron chi connectivity index (χ0n) is 15.7. The molecule has 26 heavy (non-hydrogen) atoms. The summed E-state index contributed by atoms with van der Waals surface area (Å²) in [5.74, 6) is 0.0238. The molecule has 1 aromatic carbocycles. The predicted octanol–water partition coefficient (Wildman–Crippen LogP) is 2.76. The molecule has 7 heteroatoms. The highest BCUT2D eigenvalue weighted by Gasteiger charge is 2.12. The fourth-order valence-corrected chi connectivity index (χ4v) is 3.05. The van der Waals surface area contributed by atoms with E-state index in [4.69, 9.17) is 4.74 Å². The summed E-state index contributed by atoms with van der Waals surface area (Å²) in [5.41, 5.74) is 2.54. The summed E-state index contributed by atoms with van der Waals surface area (Å²) >= 11 is 0. The van der Waals surface area contributed by atoms with E-state index in [9.17, 15) is 4.79 Å². The molecule has 1 aromatic rings. The molecule has 0 bridgehead atoms. The second-order valence-corrected chi connectivity index (χ2v) is 6.41. The summed E-state index contributed by atoms with van der Waals surface area (Å²) in [5, 5.41) is 6.07. The number of hydrogen-bond acceptors (Lipinski definition) is 4. The van der Waals surface area contributed by atoms with Gasteiger partial charge in [-0.1, -0.05) is 37.1 Å². The van der Waals surface area contributed by atoms with Crippen LogP contribution in [0.2, 0.25) is 0 Å². The van der Waals surface area contributed by atoms with Crippen molar-refractivity contribution in [2.24, 2.45) is 0 Å². The van der Waals surface area contributed by atoms with Crippen LogP contribution in [0.25, 0.3) is 0 Å². The van der Waals surface area contributed by atoms with E-state index in [1.165, 1.54) is 49.9 Å². The van der Waals surface area contributed by atoms with Gasteiger partial charge >= 0.3 is 0 Å². The van der Waals surface area contributed by atoms with Gasteiger partial charge in [0.05, 0.1) is 13.2 Å². The maximum absolute atomic E-state index is 11.9. The Kier molecular flexibility index (Phi) is 14.7. The van der Waals surface area contributed by atoms with E-state index in [0.29, 0.717) is 26.2 Å². The smallest absolute Gasteiger partial charge is 0.234 e. The van der Waals surface area contributed by atoms with E-state index in [1.807, 2.05) is 6.07 Å². The molecule has 0 unspecified atom stereocenters. The van der Waals surface area contributed by atoms with E-state index in [2.05, 4.69) is 33.7 Å². The number of nitrogens with zero attached hydrogens (tertiary/aromatic N) is 1. The molecule has 0 saturated carbocycles. The van der Waals surface area contributed by atoms with Crippen molar-refractivity contribution < 1.29 is 9.53 Å². The summed E-state index contributed by atoms with van der Waals surface area (Å²) < 4.78 is 4.95. The molecule has 150 valence electrons. The average Bonchev–Trinajstić information content (AvgIpc) is 2.87. The highest BCUT2D eigenvalue weighted by Crippen LogP contribution is 2.16. The maximum atomic E-state index is 11.9. The number of methoxy groups -OCH3 is 1. The number of ether oxygens (including phenoxy) is 1. The van der Waals surface area contributed by atoms with Crippen LogP contribution in [0, 0.1) is 0 Å². The number of hydrogen-bond donors (Lipinski definition) is 2. The SMILES string of the molecule is COCCNCC(=O)NCc1ccccc1CN1CCCCCC1.Cl.Cl. The van der Waals surface area contributed by atoms with Crippen LogP contribution in [0.5, 0.6) is 0 Å². The number of carbonyl (C=O) groups excluding carboxylic acids is 1. The third kappa shape index (κ3) is 9.74. The van der Waals surface area contributed by atoms with Crippen molar-refractivity contribution in [2.75, 3.05) is 39.9 Å². The van der Waals surface area contributed by atoms with Crippen LogP contribution < -0.4 is 10.6 Å². The summed E-state index contributed by atoms with van der Waals surface area (Å²) in [6.07, 6.45) is 5.30. The van der Waals surface area contributed by atoms with Gasteiger partial charge in [0.1, 0.15) is 0 Å². The lowest BCUT2D eigenvalue weighted by molar-refractivity contribution is -0.120. The van der Waals surface area contributed by atoms with Crippen LogP contribution in [0.15, 0.2) is 24.3 Å². The highest BCUT2D eigenvalue weighted by molar-refractivity contribution is 5.85. The number of nitrogens with one attached hydrogen (secondary N) is 2. The first-order valence-corrected chi connectivity index (χ1v) is 9.05. The van der Waals surface area contributed by atoms with Crippen LogP contribution in [0.3, 0.4) is 0 Å². The third-order valence-electron chi connectivity index (χ3n) is 4.46. The normalized spacial score (nSPS) is 14.7. The highest BCUT2D eigenvalue weighted by atomic mass is 35.5. The van der Waals surface area contributed by atoms with Gasteiger partial charge in [-0.25, -0.2) is 0 Å². The number of rotatable bonds is 9. The van der Waals surface area contributed by atoms with Crippen LogP contribution in [-0.2, 0) is 22.6 Å². The Labute approximate surface area is 170 Å². The lowest BCUT2D eigenvalue weighted by Crippen LogP contribution is -2.35. The Morgan fingerprint density at radius 1 is 1.08 bits per heavy atom. The molecule has 2 N–H and O–H groups in total. The molecule has 1 heterocycles. The molecule has 0 aromatic heterocycles. The topological polar surface area (TPSA) is 53.6 Å². The van der Waals surface area contributed by atoms with E-state index in [-0.39, 0.29) is 30.7 Å². The minimum Gasteiger partial charge on any atom is -0.383 e. The molecule has 1 amide bonds. The van der Waals surface area contributed by atoms with Crippen LogP contribution in [0.1, 0.15) is 36.8 Å². The van der Waals surface area contributed by atoms with Gasteiger partial charge in [-0.2, -0.15) is 0 Å². The molecule has 0 spiro atoms. The van der Waals surface area contributed by atoms with Gasteiger partial charge < -0.3 is 15.4 Å². The zero-order valence-corrected chi connectivity index (χ0v) is 17.3. The monoisotopic (exact) mass is 405 g/mol. The minimum absolute atomic E-state index is 0. The van der Waals surface area contributed by atoms with Crippen molar-refractivity contribution in [3.05, 3.63) is 35.4 Å². The minimum atomic E-state index is 0. The molecule has 0 radical (unpaired) electrons. The number of halogens is 2. The van der Waals surface area contributed by atoms with Gasteiger partial charge in [-0.15, -0.1) is 24.8 Å². The lowest BCUT2D eigenvalue weighted by atomic mass is 10.1. The number of likely N-dealkylation sites (tertiary alicyclic amines) is 1. The molecule has 0 aliphatic carbocycles. The fraction of sp³-hybridized carbons (Fsp3) is 0.632. The van der Waals surface area contributed by atoms with E-state index >= 15 is 0 Å². The molecule has 2 rings (SSSR count). The van der Waals surface area contributed by atoms with E-state index < -0.39 is 0 Å². The van der Waals surface area contributed by atoms with Crippen LogP contribution in [0.4, 0.5) is 0 Å². The van der Waals surface area contributed by atoms with Gasteiger partial charge in [0, 0.05) is 26.7 Å². The number of amides is 1. The molecule has 1 saturated heterocycles. The van der Waals surface area contributed by atoms with Crippen molar-refractivity contribution in [1.29, 1.82) is 0 Å². The first-order valence-electron chi connectivity index (χ1n) is 9.05. The van der Waals surface area contributed by atoms with Gasteiger partial charge in [-0.3, -0.25) is 9.69 Å². The standard InChI is InChI=1S/C19H31N3O2.2ClH/c1-24-13-10-20-15-19(23)21-14-17-8-4-5-9-18(17)16-22-11-6-2-3-7-12-22;;/h4-5,8-9,20H,2-3,6-7,10-16H2,1H3,(H,21,23);2*1H. The van der Waals surface area contributed by atoms with Crippen molar-refractivity contribution in [2.45, 2.75) is 38.8 Å². The maximum Gasteiger partial charge on any atom is 0.234 e. The Morgan fingerprint density at radius 3 is 2.38 bits per heavy atom. The first kappa shape index (κ1) is 25.1. The number of carbonyl (C=O) groups is 1. The summed E-state index contributed by atoms with van der Waals surface area (Å²) in [6.45, 7) is 5.58. The second-order valence-electron chi connectivity index (χ2n) is 6.41. The Balaban J connectivity index is 0.00000312. The van der Waals surface area contributed by atoms with Crippen molar-refractivity contribution in [1.82, 2.24) is 15.5 Å². The van der Waals surface area contributed by atoms with Crippen molar-refractivity contribution in [3.8, 4) is 0 Å². The number of benzene rings is 1. The van der Waals surface area contributed by atoms with Gasteiger partial charge in [0.25, 0.3) is 0 Å². The second kappa shape index (κ2) is 15.2. The molecule has 1 aliphatic rings. The summed E-state index contributed by atoms with van der Waals surface area (Å²) in [6, 6.07) is 8.43. The third-order valence-corrected chi connectivity index (χ3v) is 4.46. The Bertz CT molecular complexity index is 495. The zero-order chi connectivity index (χ0) is 17.0. The lowest BCUT2D eigenvalue weighted by Gasteiger charge is -2.21. The van der Waals surface area contributed by atoms with Gasteiger partial charge in [0.15, 0.2) is 0 Å². The summed E-state index contributed by atoms with van der Waals surface area (Å²) in [4.78, 5) is 14.4. The summed E-state index contributed by atoms with van der Waals surface area (Å²) in [7, 11) is 1.66. The van der Waals surface area contributed by atoms with Gasteiger partial charge in [0.2, 0.25) is 5.91 Å². The van der Waals surface area contributed by atoms with Crippen LogP contribution in [-0.4, -0.2) is 50.7 Å². The molecule has 5 nitrogen and oxygen atoms in total. The molecule has 0 atom stereocenters. The Morgan fingerprint density at radius 2 is 1.73 bits per heavy atom. The molecular formula is C19H33Cl2N3O2. The average molecular weight is 406 g/mol. The molecule has 1 fully saturated rings. The van der Waals surface area contributed by atoms with Crippen molar-refractivity contribution in [3.63, 3.8) is 0 Å². The van der Waals surface area contributed by atoms with Crippen molar-refractivity contribution >= 4 is 30.7 Å². The largest absolute Gasteiger partial charge is 0.383 e. The molecular weight excluding hydrogens is 373 g/mol. The quantitative estimate of drug-likeness (QED) is 0.620. The van der Waals surface area contributed by atoms with Gasteiger partial charge in [-0.05, 0) is 37.1 Å². The first-order chi connectivity index (χ1) is 11.8. The van der Waals surface area contributed by atoms with E-state index in [1.54, 1.807) is 7.11 Å². The van der Waals surface area contributed by atoms with E-state index in [0.717, 1.165) is 6.54 Å². The molecule has 1 aliphatic heterocycles. The Hall–Kier alpha value is -0.850. The fourth-order valence-electron chi connectivity index (χ4n) is 3.05. The predicted molar refractivity (Wildman–Crippen MR) is 111 cm³/mol.